The van der Waals surface area contributed by atoms with Crippen molar-refractivity contribution < 1.29 is 28.4 Å². The number of rotatable bonds is 44. The van der Waals surface area contributed by atoms with E-state index in [-0.39, 0.29) is 25.7 Å². The average molecular weight is 811 g/mol. The number of aliphatic hydroxyl groups is 1. The van der Waals surface area contributed by atoms with Gasteiger partial charge in [0.05, 0.1) is 25.4 Å². The monoisotopic (exact) mass is 811 g/mol. The van der Waals surface area contributed by atoms with Crippen molar-refractivity contribution in [3.05, 3.63) is 36.5 Å². The van der Waals surface area contributed by atoms with E-state index in [2.05, 4.69) is 43.5 Å². The van der Waals surface area contributed by atoms with Crippen molar-refractivity contribution in [2.24, 2.45) is 5.73 Å². The van der Waals surface area contributed by atoms with E-state index in [9.17, 15) is 19.4 Å². The number of hydrogen-bond acceptors (Lipinski definition) is 6. The Bertz CT molecular complexity index is 974. The molecule has 0 saturated carbocycles. The zero-order valence-corrected chi connectivity index (χ0v) is 37.5. The third-order valence-electron chi connectivity index (χ3n) is 10.4. The fourth-order valence-electron chi connectivity index (χ4n) is 6.85. The molecule has 0 rings (SSSR count). The maximum Gasteiger partial charge on any atom is 0.472 e. The van der Waals surface area contributed by atoms with Gasteiger partial charge in [-0.25, -0.2) is 4.57 Å². The summed E-state index contributed by atoms with van der Waals surface area (Å²) in [4.78, 5) is 22.7. The molecule has 8 nitrogen and oxygen atoms in total. The Morgan fingerprint density at radius 1 is 0.571 bits per heavy atom. The summed E-state index contributed by atoms with van der Waals surface area (Å²) in [6, 6.07) is -0.877. The second kappa shape index (κ2) is 43.3. The van der Waals surface area contributed by atoms with Gasteiger partial charge in [0.2, 0.25) is 5.91 Å². The predicted octanol–water partition coefficient (Wildman–Crippen LogP) is 13.5. The molecule has 5 N–H and O–H groups in total. The first-order chi connectivity index (χ1) is 27.4. The molecule has 0 radical (unpaired) electrons. The summed E-state index contributed by atoms with van der Waals surface area (Å²) in [6.07, 6.45) is 52.0. The molecular formula is C47H91N2O6P. The molecule has 0 aliphatic carbocycles. The molecule has 0 fully saturated rings. The van der Waals surface area contributed by atoms with E-state index in [4.69, 9.17) is 14.8 Å². The van der Waals surface area contributed by atoms with Crippen LogP contribution in [0.25, 0.3) is 0 Å². The first kappa shape index (κ1) is 54.7. The van der Waals surface area contributed by atoms with Crippen LogP contribution in [0.4, 0.5) is 0 Å². The van der Waals surface area contributed by atoms with Crippen LogP contribution in [0.5, 0.6) is 0 Å². The first-order valence-corrected chi connectivity index (χ1v) is 25.1. The molecule has 1 amide bonds. The smallest absolute Gasteiger partial charge is 0.387 e. The molecule has 0 spiro atoms. The van der Waals surface area contributed by atoms with Crippen molar-refractivity contribution in [2.45, 2.75) is 238 Å². The summed E-state index contributed by atoms with van der Waals surface area (Å²) in [5.41, 5.74) is 5.38. The lowest BCUT2D eigenvalue weighted by atomic mass is 10.0. The van der Waals surface area contributed by atoms with Crippen LogP contribution in [0.2, 0.25) is 0 Å². The van der Waals surface area contributed by atoms with Gasteiger partial charge in [0.25, 0.3) is 0 Å². The Morgan fingerprint density at radius 3 is 1.38 bits per heavy atom. The minimum absolute atomic E-state index is 0.0739. The van der Waals surface area contributed by atoms with Gasteiger partial charge in [-0.3, -0.25) is 13.8 Å². The van der Waals surface area contributed by atoms with Gasteiger partial charge in [-0.15, -0.1) is 0 Å². The third-order valence-corrected chi connectivity index (χ3v) is 11.4. The number of phosphoric ester groups is 1. The number of nitrogens with one attached hydrogen (secondary N) is 1. The number of nitrogens with two attached hydrogens (primary N) is 1. The van der Waals surface area contributed by atoms with Crippen molar-refractivity contribution in [3.63, 3.8) is 0 Å². The molecule has 0 saturated heterocycles. The lowest BCUT2D eigenvalue weighted by molar-refractivity contribution is -0.123. The zero-order valence-electron chi connectivity index (χ0n) is 36.6. The average Bonchev–Trinajstić information content (AvgIpc) is 3.19. The maximum absolute atomic E-state index is 12.8. The van der Waals surface area contributed by atoms with Gasteiger partial charge < -0.3 is 21.1 Å². The number of hydrogen-bond donors (Lipinski definition) is 4. The highest BCUT2D eigenvalue weighted by Gasteiger charge is 2.26. The molecule has 9 heteroatoms. The molecule has 0 aliphatic rings. The number of unbranched alkanes of at least 4 members (excludes halogenated alkanes) is 28. The van der Waals surface area contributed by atoms with E-state index >= 15 is 0 Å². The van der Waals surface area contributed by atoms with Crippen LogP contribution in [0.3, 0.4) is 0 Å². The van der Waals surface area contributed by atoms with E-state index in [1.165, 1.54) is 167 Å². The van der Waals surface area contributed by atoms with E-state index < -0.39 is 20.0 Å². The van der Waals surface area contributed by atoms with E-state index in [0.717, 1.165) is 38.5 Å². The van der Waals surface area contributed by atoms with Gasteiger partial charge in [-0.05, 0) is 57.8 Å². The quantitative estimate of drug-likeness (QED) is 0.0274. The van der Waals surface area contributed by atoms with Crippen LogP contribution in [0.15, 0.2) is 36.5 Å². The van der Waals surface area contributed by atoms with Crippen LogP contribution in [-0.4, -0.2) is 47.8 Å². The van der Waals surface area contributed by atoms with Crippen molar-refractivity contribution in [2.75, 3.05) is 19.8 Å². The van der Waals surface area contributed by atoms with Gasteiger partial charge >= 0.3 is 7.82 Å². The highest BCUT2D eigenvalue weighted by molar-refractivity contribution is 7.47. The summed E-state index contributed by atoms with van der Waals surface area (Å²) >= 11 is 0. The number of phosphoric acid groups is 1. The van der Waals surface area contributed by atoms with Gasteiger partial charge in [0.15, 0.2) is 0 Å². The number of carbonyl (C=O) groups excluding carboxylic acids is 1. The van der Waals surface area contributed by atoms with Crippen molar-refractivity contribution in [1.82, 2.24) is 5.32 Å². The lowest BCUT2D eigenvalue weighted by Gasteiger charge is -2.23. The summed E-state index contributed by atoms with van der Waals surface area (Å²) in [7, 11) is -4.35. The number of aliphatic hydroxyl groups excluding tert-OH is 1. The van der Waals surface area contributed by atoms with Crippen LogP contribution in [0.1, 0.15) is 226 Å². The van der Waals surface area contributed by atoms with Gasteiger partial charge in [0, 0.05) is 13.0 Å². The van der Waals surface area contributed by atoms with Crippen LogP contribution < -0.4 is 11.1 Å². The fraction of sp³-hybridized carbons (Fsp3) is 0.851. The summed E-state index contributed by atoms with van der Waals surface area (Å²) in [5, 5.41) is 13.7. The number of amides is 1. The molecule has 0 heterocycles. The maximum atomic E-state index is 12.8. The Labute approximate surface area is 346 Å². The molecule has 0 aromatic carbocycles. The normalized spacial score (nSPS) is 14.3. The number of allylic oxidation sites excluding steroid dienone is 5. The molecule has 330 valence electrons. The molecule has 3 unspecified atom stereocenters. The molecule has 3 atom stereocenters. The predicted molar refractivity (Wildman–Crippen MR) is 240 cm³/mol. The second-order valence-electron chi connectivity index (χ2n) is 16.0. The second-order valence-corrected chi connectivity index (χ2v) is 17.4. The first-order valence-electron chi connectivity index (χ1n) is 23.6. The summed E-state index contributed by atoms with van der Waals surface area (Å²) in [6.45, 7) is 4.12. The summed E-state index contributed by atoms with van der Waals surface area (Å²) in [5.74, 6) is -0.205. The largest absolute Gasteiger partial charge is 0.472 e. The molecule has 0 aromatic rings. The highest BCUT2D eigenvalue weighted by atomic mass is 31.2. The van der Waals surface area contributed by atoms with Crippen molar-refractivity contribution >= 4 is 13.7 Å². The Kier molecular flexibility index (Phi) is 42.3. The van der Waals surface area contributed by atoms with Crippen LogP contribution in [0, 0.1) is 0 Å². The standard InChI is InChI=1S/C47H91N2O6P/c1-3-5-7-9-11-13-15-17-19-21-23-25-27-29-31-33-35-37-39-41-47(51)49-45(44-55-56(52,53)54-43-42-48)46(50)40-38-36-34-32-30-28-26-24-22-20-18-16-14-12-10-8-6-4-2/h17,19,30,32,38,40,45-46,50H,3-16,18,20-29,31,33-37,39,41-44,48H2,1-2H3,(H,49,51)(H,52,53)/b19-17-,32-30+,40-38+. The lowest BCUT2D eigenvalue weighted by Crippen LogP contribution is -2.45. The van der Waals surface area contributed by atoms with Gasteiger partial charge in [-0.2, -0.15) is 0 Å². The van der Waals surface area contributed by atoms with E-state index in [0.29, 0.717) is 6.42 Å². The Morgan fingerprint density at radius 2 is 0.946 bits per heavy atom. The van der Waals surface area contributed by atoms with E-state index in [1.807, 2.05) is 6.08 Å². The molecular weight excluding hydrogens is 719 g/mol. The Balaban J connectivity index is 4.20. The number of carbonyl (C=O) groups is 1. The zero-order chi connectivity index (χ0) is 41.1. The van der Waals surface area contributed by atoms with E-state index in [1.54, 1.807) is 6.08 Å². The minimum Gasteiger partial charge on any atom is -0.387 e. The van der Waals surface area contributed by atoms with Gasteiger partial charge in [0.1, 0.15) is 0 Å². The fourth-order valence-corrected chi connectivity index (χ4v) is 7.61. The minimum atomic E-state index is -4.35. The molecule has 0 bridgehead atoms. The SMILES string of the molecule is CCCCCCCC/C=C\CCCCCCCCCCCC(=O)NC(COP(=O)(O)OCCN)C(O)/C=C/CC/C=C/CCCCCCCCCCCCCC. The van der Waals surface area contributed by atoms with Crippen LogP contribution in [-0.2, 0) is 18.4 Å². The summed E-state index contributed by atoms with van der Waals surface area (Å²) < 4.78 is 22.2. The molecule has 0 aromatic heterocycles. The highest BCUT2D eigenvalue weighted by Crippen LogP contribution is 2.43. The topological polar surface area (TPSA) is 131 Å². The Hall–Kier alpha value is -1.28. The van der Waals surface area contributed by atoms with Gasteiger partial charge in [-0.1, -0.05) is 198 Å². The van der Waals surface area contributed by atoms with Crippen molar-refractivity contribution in [3.8, 4) is 0 Å². The molecule has 0 aliphatic heterocycles. The van der Waals surface area contributed by atoms with Crippen LogP contribution >= 0.6 is 7.82 Å². The third kappa shape index (κ3) is 40.9. The molecule has 56 heavy (non-hydrogen) atoms. The van der Waals surface area contributed by atoms with Crippen molar-refractivity contribution in [1.29, 1.82) is 0 Å².